The van der Waals surface area contributed by atoms with Crippen LogP contribution in [0.15, 0.2) is 30.3 Å². The van der Waals surface area contributed by atoms with Crippen molar-refractivity contribution < 1.29 is 14.7 Å². The van der Waals surface area contributed by atoms with Crippen molar-refractivity contribution >= 4 is 11.8 Å². The van der Waals surface area contributed by atoms with Crippen molar-refractivity contribution in [3.63, 3.8) is 0 Å². The van der Waals surface area contributed by atoms with Crippen LogP contribution in [0.1, 0.15) is 18.4 Å². The maximum absolute atomic E-state index is 12.4. The Hall–Kier alpha value is -1.92. The summed E-state index contributed by atoms with van der Waals surface area (Å²) in [6.45, 7) is 1.57. The van der Waals surface area contributed by atoms with Gasteiger partial charge in [-0.15, -0.1) is 0 Å². The summed E-state index contributed by atoms with van der Waals surface area (Å²) in [4.78, 5) is 25.2. The quantitative estimate of drug-likeness (QED) is 0.654. The smallest absolute Gasteiger partial charge is 0.231 e. The summed E-state index contributed by atoms with van der Waals surface area (Å²) in [6.07, 6.45) is 2.04. The van der Waals surface area contributed by atoms with Crippen molar-refractivity contribution in [2.75, 3.05) is 26.2 Å². The van der Waals surface area contributed by atoms with E-state index in [1.54, 1.807) is 0 Å². The standard InChI is InChI=1S/C17H25N3O3/c18-16(22)11-20-8-6-14(7-9-20)17(23)19-15(12-21)10-13-4-2-1-3-5-13/h1-5,14-15,21H,6-12H2,(H2,18,22)(H,19,23)/t15-/m0/s1. The molecule has 1 aromatic rings. The lowest BCUT2D eigenvalue weighted by Gasteiger charge is -2.31. The van der Waals surface area contributed by atoms with Crippen molar-refractivity contribution in [2.24, 2.45) is 11.7 Å². The summed E-state index contributed by atoms with van der Waals surface area (Å²) in [5.74, 6) is -0.418. The second-order valence-corrected chi connectivity index (χ2v) is 6.09. The van der Waals surface area contributed by atoms with Crippen molar-refractivity contribution in [3.05, 3.63) is 35.9 Å². The fourth-order valence-corrected chi connectivity index (χ4v) is 2.95. The highest BCUT2D eigenvalue weighted by molar-refractivity contribution is 5.79. The van der Waals surface area contributed by atoms with Gasteiger partial charge in [-0.25, -0.2) is 0 Å². The van der Waals surface area contributed by atoms with E-state index in [0.717, 1.165) is 5.56 Å². The molecule has 1 fully saturated rings. The Morgan fingerprint density at radius 2 is 1.91 bits per heavy atom. The van der Waals surface area contributed by atoms with Crippen LogP contribution in [-0.4, -0.2) is 54.1 Å². The molecule has 6 nitrogen and oxygen atoms in total. The highest BCUT2D eigenvalue weighted by atomic mass is 16.3. The zero-order valence-electron chi connectivity index (χ0n) is 13.3. The van der Waals surface area contributed by atoms with E-state index in [-0.39, 0.29) is 36.9 Å². The molecule has 0 aliphatic carbocycles. The Bertz CT molecular complexity index is 513. The number of aliphatic hydroxyl groups is 1. The molecule has 6 heteroatoms. The Balaban J connectivity index is 1.80. The predicted octanol–water partition coefficient (Wildman–Crippen LogP) is -0.0965. The number of carbonyl (C=O) groups is 2. The molecule has 0 unspecified atom stereocenters. The van der Waals surface area contributed by atoms with E-state index in [1.165, 1.54) is 0 Å². The van der Waals surface area contributed by atoms with Crippen LogP contribution in [0.25, 0.3) is 0 Å². The van der Waals surface area contributed by atoms with Crippen molar-refractivity contribution in [1.82, 2.24) is 10.2 Å². The Morgan fingerprint density at radius 3 is 2.48 bits per heavy atom. The average molecular weight is 319 g/mol. The normalized spacial score (nSPS) is 17.6. The lowest BCUT2D eigenvalue weighted by atomic mass is 9.95. The molecular formula is C17H25N3O3. The van der Waals surface area contributed by atoms with Crippen LogP contribution in [0.3, 0.4) is 0 Å². The molecule has 0 radical (unpaired) electrons. The van der Waals surface area contributed by atoms with E-state index < -0.39 is 0 Å². The SMILES string of the molecule is NC(=O)CN1CCC(C(=O)N[C@H](CO)Cc2ccccc2)CC1. The van der Waals surface area contributed by atoms with Crippen LogP contribution < -0.4 is 11.1 Å². The number of nitrogens with zero attached hydrogens (tertiary/aromatic N) is 1. The molecule has 0 aromatic heterocycles. The van der Waals surface area contributed by atoms with E-state index >= 15 is 0 Å². The number of carbonyl (C=O) groups excluding carboxylic acids is 2. The molecule has 2 rings (SSSR count). The fourth-order valence-electron chi connectivity index (χ4n) is 2.95. The molecule has 1 aliphatic heterocycles. The van der Waals surface area contributed by atoms with E-state index in [1.807, 2.05) is 35.2 Å². The molecule has 1 atom stereocenters. The van der Waals surface area contributed by atoms with Gasteiger partial charge >= 0.3 is 0 Å². The monoisotopic (exact) mass is 319 g/mol. The van der Waals surface area contributed by atoms with E-state index in [4.69, 9.17) is 5.73 Å². The minimum atomic E-state index is -0.337. The number of amides is 2. The number of nitrogens with two attached hydrogens (primary N) is 1. The maximum atomic E-state index is 12.4. The average Bonchev–Trinajstić information content (AvgIpc) is 2.55. The van der Waals surface area contributed by atoms with Gasteiger partial charge in [0, 0.05) is 5.92 Å². The van der Waals surface area contributed by atoms with E-state index in [0.29, 0.717) is 32.4 Å². The first-order valence-corrected chi connectivity index (χ1v) is 8.04. The number of nitrogens with one attached hydrogen (secondary N) is 1. The number of primary amides is 1. The van der Waals surface area contributed by atoms with Gasteiger partial charge in [-0.2, -0.15) is 0 Å². The first-order chi connectivity index (χ1) is 11.1. The van der Waals surface area contributed by atoms with Gasteiger partial charge in [-0.1, -0.05) is 30.3 Å². The molecule has 0 bridgehead atoms. The van der Waals surface area contributed by atoms with Gasteiger partial charge in [-0.05, 0) is 37.9 Å². The van der Waals surface area contributed by atoms with Gasteiger partial charge in [0.15, 0.2) is 0 Å². The zero-order chi connectivity index (χ0) is 16.7. The second kappa shape index (κ2) is 8.64. The molecule has 4 N–H and O–H groups in total. The molecule has 1 aliphatic rings. The molecule has 0 spiro atoms. The molecule has 1 saturated heterocycles. The maximum Gasteiger partial charge on any atom is 0.231 e. The highest BCUT2D eigenvalue weighted by Crippen LogP contribution is 2.17. The summed E-state index contributed by atoms with van der Waals surface area (Å²) in [6, 6.07) is 9.53. The number of hydrogen-bond acceptors (Lipinski definition) is 4. The van der Waals surface area contributed by atoms with Crippen LogP contribution >= 0.6 is 0 Å². The molecule has 1 aromatic carbocycles. The Labute approximate surface area is 136 Å². The van der Waals surface area contributed by atoms with Crippen molar-refractivity contribution in [1.29, 1.82) is 0 Å². The van der Waals surface area contributed by atoms with Crippen LogP contribution in [0, 0.1) is 5.92 Å². The first kappa shape index (κ1) is 17.4. The van der Waals surface area contributed by atoms with Crippen molar-refractivity contribution in [3.8, 4) is 0 Å². The van der Waals surface area contributed by atoms with Crippen LogP contribution in [-0.2, 0) is 16.0 Å². The molecule has 23 heavy (non-hydrogen) atoms. The third-order valence-corrected chi connectivity index (χ3v) is 4.23. The summed E-state index contributed by atoms with van der Waals surface area (Å²) < 4.78 is 0. The largest absolute Gasteiger partial charge is 0.394 e. The van der Waals surface area contributed by atoms with E-state index in [2.05, 4.69) is 5.32 Å². The molecule has 126 valence electrons. The molecular weight excluding hydrogens is 294 g/mol. The lowest BCUT2D eigenvalue weighted by molar-refractivity contribution is -0.127. The number of hydrogen-bond donors (Lipinski definition) is 3. The number of likely N-dealkylation sites (tertiary alicyclic amines) is 1. The van der Waals surface area contributed by atoms with Gasteiger partial charge in [-0.3, -0.25) is 14.5 Å². The predicted molar refractivity (Wildman–Crippen MR) is 87.5 cm³/mol. The fraction of sp³-hybridized carbons (Fsp3) is 0.529. The number of rotatable bonds is 7. The van der Waals surface area contributed by atoms with Gasteiger partial charge in [0.2, 0.25) is 11.8 Å². The first-order valence-electron chi connectivity index (χ1n) is 8.04. The van der Waals surface area contributed by atoms with Crippen molar-refractivity contribution in [2.45, 2.75) is 25.3 Å². The number of benzene rings is 1. The lowest BCUT2D eigenvalue weighted by Crippen LogP contribution is -2.47. The minimum absolute atomic E-state index is 0.0151. The molecule has 1 heterocycles. The van der Waals surface area contributed by atoms with Gasteiger partial charge in [0.05, 0.1) is 19.2 Å². The number of piperidine rings is 1. The summed E-state index contributed by atoms with van der Waals surface area (Å²) in [5, 5.41) is 12.4. The zero-order valence-corrected chi connectivity index (χ0v) is 13.3. The van der Waals surface area contributed by atoms with Crippen LogP contribution in [0.4, 0.5) is 0 Å². The minimum Gasteiger partial charge on any atom is -0.394 e. The molecule has 2 amide bonds. The van der Waals surface area contributed by atoms with Gasteiger partial charge < -0.3 is 16.2 Å². The second-order valence-electron chi connectivity index (χ2n) is 6.09. The summed E-state index contributed by atoms with van der Waals surface area (Å²) in [7, 11) is 0. The Morgan fingerprint density at radius 1 is 1.26 bits per heavy atom. The number of aliphatic hydroxyl groups excluding tert-OH is 1. The third-order valence-electron chi connectivity index (χ3n) is 4.23. The van der Waals surface area contributed by atoms with Gasteiger partial charge in [0.1, 0.15) is 0 Å². The molecule has 0 saturated carbocycles. The summed E-state index contributed by atoms with van der Waals surface area (Å²) in [5.41, 5.74) is 6.27. The van der Waals surface area contributed by atoms with Crippen LogP contribution in [0.2, 0.25) is 0 Å². The Kier molecular flexibility index (Phi) is 6.55. The topological polar surface area (TPSA) is 95.7 Å². The highest BCUT2D eigenvalue weighted by Gasteiger charge is 2.26. The third kappa shape index (κ3) is 5.65. The van der Waals surface area contributed by atoms with Crippen LogP contribution in [0.5, 0.6) is 0 Å². The summed E-state index contributed by atoms with van der Waals surface area (Å²) >= 11 is 0. The van der Waals surface area contributed by atoms with E-state index in [9.17, 15) is 14.7 Å². The van der Waals surface area contributed by atoms with Gasteiger partial charge in [0.25, 0.3) is 0 Å².